The van der Waals surface area contributed by atoms with Gasteiger partial charge in [0, 0.05) is 36.9 Å². The Hall–Kier alpha value is -1.83. The Kier molecular flexibility index (Phi) is 9.02. The van der Waals surface area contributed by atoms with Gasteiger partial charge < -0.3 is 19.9 Å². The molecule has 1 aromatic heterocycles. The molecule has 2 aromatic rings. The van der Waals surface area contributed by atoms with Crippen molar-refractivity contribution in [3.63, 3.8) is 0 Å². The molecule has 154 valence electrons. The van der Waals surface area contributed by atoms with Gasteiger partial charge in [-0.1, -0.05) is 29.3 Å². The van der Waals surface area contributed by atoms with Crippen molar-refractivity contribution in [3.8, 4) is 0 Å². The van der Waals surface area contributed by atoms with E-state index in [1.165, 1.54) is 0 Å². The van der Waals surface area contributed by atoms with E-state index in [4.69, 9.17) is 27.9 Å². The first-order valence-electron chi connectivity index (χ1n) is 9.34. The standard InChI is InChI=1S/C19H28Cl2N6O/c1-5-28-10-6-9-22-19(23-12-18-26-25-14(3)27(18)4)24-13(2)16-8-7-15(20)11-17(16)21/h7-8,11,13H,5-6,9-10,12H2,1-4H3,(H2,22,23,24). The van der Waals surface area contributed by atoms with Crippen molar-refractivity contribution in [2.45, 2.75) is 39.8 Å². The van der Waals surface area contributed by atoms with Crippen LogP contribution in [0.3, 0.4) is 0 Å². The monoisotopic (exact) mass is 426 g/mol. The van der Waals surface area contributed by atoms with Crippen LogP contribution in [0.25, 0.3) is 0 Å². The topological polar surface area (TPSA) is 76.4 Å². The predicted molar refractivity (Wildman–Crippen MR) is 114 cm³/mol. The van der Waals surface area contributed by atoms with Crippen LogP contribution in [-0.4, -0.2) is 40.5 Å². The zero-order valence-corrected chi connectivity index (χ0v) is 18.3. The van der Waals surface area contributed by atoms with E-state index in [9.17, 15) is 0 Å². The molecule has 0 aliphatic carbocycles. The molecule has 0 fully saturated rings. The highest BCUT2D eigenvalue weighted by atomic mass is 35.5. The summed E-state index contributed by atoms with van der Waals surface area (Å²) in [6.45, 7) is 8.51. The number of ether oxygens (including phenoxy) is 1. The summed E-state index contributed by atoms with van der Waals surface area (Å²) in [6, 6.07) is 5.44. The molecule has 1 aromatic carbocycles. The maximum absolute atomic E-state index is 6.34. The van der Waals surface area contributed by atoms with Crippen molar-refractivity contribution in [1.82, 2.24) is 25.4 Å². The molecule has 1 heterocycles. The molecule has 0 saturated heterocycles. The van der Waals surface area contributed by atoms with Gasteiger partial charge in [-0.05, 0) is 44.9 Å². The molecule has 0 spiro atoms. The molecule has 9 heteroatoms. The molecule has 0 amide bonds. The summed E-state index contributed by atoms with van der Waals surface area (Å²) in [4.78, 5) is 4.66. The molecule has 2 rings (SSSR count). The van der Waals surface area contributed by atoms with Crippen molar-refractivity contribution >= 4 is 29.2 Å². The van der Waals surface area contributed by atoms with E-state index in [0.29, 0.717) is 29.2 Å². The third-order valence-electron chi connectivity index (χ3n) is 4.31. The van der Waals surface area contributed by atoms with E-state index in [2.05, 4.69) is 25.8 Å². The molecule has 0 bridgehead atoms. The lowest BCUT2D eigenvalue weighted by Gasteiger charge is -2.20. The third kappa shape index (κ3) is 6.65. The van der Waals surface area contributed by atoms with Crippen molar-refractivity contribution in [2.75, 3.05) is 19.8 Å². The lowest BCUT2D eigenvalue weighted by Crippen LogP contribution is -2.39. The number of nitrogens with zero attached hydrogens (tertiary/aromatic N) is 4. The van der Waals surface area contributed by atoms with Crippen LogP contribution in [0.5, 0.6) is 0 Å². The first-order chi connectivity index (χ1) is 13.4. The summed E-state index contributed by atoms with van der Waals surface area (Å²) in [7, 11) is 1.93. The number of guanidine groups is 1. The largest absolute Gasteiger partial charge is 0.382 e. The number of aromatic nitrogens is 3. The number of rotatable bonds is 9. The second kappa shape index (κ2) is 11.2. The first kappa shape index (κ1) is 22.5. The molecule has 1 atom stereocenters. The van der Waals surface area contributed by atoms with Crippen LogP contribution in [0, 0.1) is 6.92 Å². The van der Waals surface area contributed by atoms with Gasteiger partial charge in [0.25, 0.3) is 0 Å². The van der Waals surface area contributed by atoms with E-state index in [1.807, 2.05) is 44.5 Å². The summed E-state index contributed by atoms with van der Waals surface area (Å²) in [5.41, 5.74) is 0.949. The average Bonchev–Trinajstić information content (AvgIpc) is 2.97. The van der Waals surface area contributed by atoms with Gasteiger partial charge in [0.1, 0.15) is 12.4 Å². The maximum Gasteiger partial charge on any atom is 0.192 e. The van der Waals surface area contributed by atoms with Crippen LogP contribution >= 0.6 is 23.2 Å². The smallest absolute Gasteiger partial charge is 0.192 e. The quantitative estimate of drug-likeness (QED) is 0.363. The summed E-state index contributed by atoms with van der Waals surface area (Å²) in [5, 5.41) is 16.2. The Balaban J connectivity index is 2.07. The molecule has 0 aliphatic heterocycles. The summed E-state index contributed by atoms with van der Waals surface area (Å²) in [5.74, 6) is 2.33. The number of halogens is 2. The lowest BCUT2D eigenvalue weighted by molar-refractivity contribution is 0.145. The van der Waals surface area contributed by atoms with Crippen LogP contribution in [0.4, 0.5) is 0 Å². The first-order valence-corrected chi connectivity index (χ1v) is 10.1. The number of aryl methyl sites for hydroxylation is 1. The molecule has 0 saturated carbocycles. The number of benzene rings is 1. The van der Waals surface area contributed by atoms with Crippen LogP contribution in [0.15, 0.2) is 23.2 Å². The molecule has 28 heavy (non-hydrogen) atoms. The number of nitrogens with one attached hydrogen (secondary N) is 2. The number of hydrogen-bond donors (Lipinski definition) is 2. The molecule has 1 unspecified atom stereocenters. The Morgan fingerprint density at radius 3 is 2.75 bits per heavy atom. The normalized spacial score (nSPS) is 12.9. The highest BCUT2D eigenvalue weighted by Gasteiger charge is 2.13. The minimum absolute atomic E-state index is 0.0517. The van der Waals surface area contributed by atoms with E-state index < -0.39 is 0 Å². The molecular formula is C19H28Cl2N6O. The highest BCUT2D eigenvalue weighted by molar-refractivity contribution is 6.35. The van der Waals surface area contributed by atoms with Crippen molar-refractivity contribution in [1.29, 1.82) is 0 Å². The van der Waals surface area contributed by atoms with E-state index >= 15 is 0 Å². The predicted octanol–water partition coefficient (Wildman–Crippen LogP) is 3.65. The summed E-state index contributed by atoms with van der Waals surface area (Å²) < 4.78 is 7.31. The second-order valence-corrected chi connectivity index (χ2v) is 7.24. The Bertz CT molecular complexity index is 793. The Morgan fingerprint density at radius 2 is 2.11 bits per heavy atom. The van der Waals surface area contributed by atoms with Gasteiger partial charge in [-0.2, -0.15) is 0 Å². The molecule has 0 aliphatic rings. The summed E-state index contributed by atoms with van der Waals surface area (Å²) in [6.07, 6.45) is 0.883. The van der Waals surface area contributed by atoms with Crippen LogP contribution in [-0.2, 0) is 18.3 Å². The second-order valence-electron chi connectivity index (χ2n) is 6.40. The number of hydrogen-bond acceptors (Lipinski definition) is 4. The van der Waals surface area contributed by atoms with Gasteiger partial charge in [-0.25, -0.2) is 4.99 Å². The van der Waals surface area contributed by atoms with Gasteiger partial charge >= 0.3 is 0 Å². The zero-order valence-electron chi connectivity index (χ0n) is 16.8. The average molecular weight is 427 g/mol. The fourth-order valence-electron chi connectivity index (χ4n) is 2.55. The Morgan fingerprint density at radius 1 is 1.32 bits per heavy atom. The van der Waals surface area contributed by atoms with Gasteiger partial charge in [-0.3, -0.25) is 0 Å². The molecular weight excluding hydrogens is 399 g/mol. The van der Waals surface area contributed by atoms with Crippen molar-refractivity contribution < 1.29 is 4.74 Å². The zero-order chi connectivity index (χ0) is 20.5. The molecule has 0 radical (unpaired) electrons. The lowest BCUT2D eigenvalue weighted by atomic mass is 10.1. The van der Waals surface area contributed by atoms with E-state index in [-0.39, 0.29) is 6.04 Å². The minimum atomic E-state index is -0.0517. The molecule has 7 nitrogen and oxygen atoms in total. The Labute approximate surface area is 176 Å². The molecule has 2 N–H and O–H groups in total. The van der Waals surface area contributed by atoms with Gasteiger partial charge in [0.2, 0.25) is 0 Å². The third-order valence-corrected chi connectivity index (χ3v) is 4.87. The summed E-state index contributed by atoms with van der Waals surface area (Å²) >= 11 is 12.3. The van der Waals surface area contributed by atoms with Gasteiger partial charge in [0.15, 0.2) is 11.8 Å². The number of aliphatic imine (C=N–C) groups is 1. The highest BCUT2D eigenvalue weighted by Crippen LogP contribution is 2.26. The van der Waals surface area contributed by atoms with E-state index in [1.54, 1.807) is 6.07 Å². The van der Waals surface area contributed by atoms with Crippen molar-refractivity contribution in [3.05, 3.63) is 45.5 Å². The van der Waals surface area contributed by atoms with Crippen LogP contribution in [0.2, 0.25) is 10.0 Å². The van der Waals surface area contributed by atoms with Crippen LogP contribution < -0.4 is 10.6 Å². The van der Waals surface area contributed by atoms with Gasteiger partial charge in [0.05, 0.1) is 6.04 Å². The maximum atomic E-state index is 6.34. The van der Waals surface area contributed by atoms with Crippen LogP contribution in [0.1, 0.15) is 43.5 Å². The SMILES string of the molecule is CCOCCCNC(=NCc1nnc(C)n1C)NC(C)c1ccc(Cl)cc1Cl. The van der Waals surface area contributed by atoms with Gasteiger partial charge in [-0.15, -0.1) is 10.2 Å². The fraction of sp³-hybridized carbons (Fsp3) is 0.526. The van der Waals surface area contributed by atoms with Crippen molar-refractivity contribution in [2.24, 2.45) is 12.0 Å². The van der Waals surface area contributed by atoms with E-state index in [0.717, 1.165) is 36.8 Å². The fourth-order valence-corrected chi connectivity index (χ4v) is 3.12. The minimum Gasteiger partial charge on any atom is -0.382 e.